The van der Waals surface area contributed by atoms with Gasteiger partial charge in [0.05, 0.1) is 13.0 Å². The summed E-state index contributed by atoms with van der Waals surface area (Å²) in [5.74, 6) is -1.37. The van der Waals surface area contributed by atoms with Gasteiger partial charge in [-0.3, -0.25) is 14.4 Å². The van der Waals surface area contributed by atoms with Crippen LogP contribution >= 0.6 is 0 Å². The Morgan fingerprint density at radius 1 is 1.59 bits per heavy atom. The normalized spacial score (nSPS) is 22.1. The Labute approximate surface area is 100 Å². The summed E-state index contributed by atoms with van der Waals surface area (Å²) in [6.07, 6.45) is 1.18. The first-order valence-electron chi connectivity index (χ1n) is 5.67. The lowest BCUT2D eigenvalue weighted by Crippen LogP contribution is -2.52. The fourth-order valence-corrected chi connectivity index (χ4v) is 2.11. The maximum atomic E-state index is 11.7. The van der Waals surface area contributed by atoms with E-state index in [1.807, 2.05) is 0 Å². The van der Waals surface area contributed by atoms with E-state index in [-0.39, 0.29) is 30.8 Å². The smallest absolute Gasteiger partial charge is 0.310 e. The Kier molecular flexibility index (Phi) is 4.48. The van der Waals surface area contributed by atoms with Crippen molar-refractivity contribution in [2.45, 2.75) is 32.2 Å². The Morgan fingerprint density at radius 2 is 2.24 bits per heavy atom. The van der Waals surface area contributed by atoms with Gasteiger partial charge in [-0.05, 0) is 12.8 Å². The average Bonchev–Trinajstić information content (AvgIpc) is 2.31. The number of ether oxygens (including phenoxy) is 1. The van der Waals surface area contributed by atoms with Crippen LogP contribution in [0.2, 0.25) is 0 Å². The number of likely N-dealkylation sites (tertiary alicyclic amines) is 1. The third kappa shape index (κ3) is 2.95. The summed E-state index contributed by atoms with van der Waals surface area (Å²) < 4.78 is 4.65. The second-order valence-electron chi connectivity index (χ2n) is 4.13. The Balaban J connectivity index is 2.78. The molecule has 0 aromatic heterocycles. The molecule has 1 saturated heterocycles. The molecule has 17 heavy (non-hydrogen) atoms. The molecule has 0 unspecified atom stereocenters. The largest absolute Gasteiger partial charge is 0.469 e. The van der Waals surface area contributed by atoms with Crippen molar-refractivity contribution >= 4 is 17.8 Å². The van der Waals surface area contributed by atoms with Gasteiger partial charge in [0.15, 0.2) is 0 Å². The number of primary amides is 1. The second-order valence-corrected chi connectivity index (χ2v) is 4.13. The third-order valence-corrected chi connectivity index (χ3v) is 3.07. The third-order valence-electron chi connectivity index (χ3n) is 3.07. The molecule has 0 radical (unpaired) electrons. The van der Waals surface area contributed by atoms with Crippen molar-refractivity contribution in [3.8, 4) is 0 Å². The van der Waals surface area contributed by atoms with Crippen LogP contribution in [-0.2, 0) is 19.1 Å². The van der Waals surface area contributed by atoms with Gasteiger partial charge >= 0.3 is 5.97 Å². The van der Waals surface area contributed by atoms with Gasteiger partial charge in [0.1, 0.15) is 6.04 Å². The lowest BCUT2D eigenvalue weighted by Gasteiger charge is -2.35. The Bertz CT molecular complexity index is 329. The Hall–Kier alpha value is -1.59. The van der Waals surface area contributed by atoms with Crippen LogP contribution in [0.5, 0.6) is 0 Å². The molecular formula is C11H18N2O4. The minimum absolute atomic E-state index is 0.129. The molecule has 0 saturated carbocycles. The van der Waals surface area contributed by atoms with Crippen molar-refractivity contribution < 1.29 is 19.1 Å². The van der Waals surface area contributed by atoms with Crippen molar-refractivity contribution in [1.82, 2.24) is 4.90 Å². The summed E-state index contributed by atoms with van der Waals surface area (Å²) in [5.41, 5.74) is 5.25. The van der Waals surface area contributed by atoms with Crippen LogP contribution < -0.4 is 5.73 Å². The first-order chi connectivity index (χ1) is 8.01. The van der Waals surface area contributed by atoms with E-state index in [0.29, 0.717) is 12.8 Å². The van der Waals surface area contributed by atoms with Gasteiger partial charge in [-0.15, -0.1) is 0 Å². The minimum atomic E-state index is -0.630. The maximum Gasteiger partial charge on any atom is 0.310 e. The number of amides is 2. The zero-order valence-corrected chi connectivity index (χ0v) is 10.1. The van der Waals surface area contributed by atoms with Gasteiger partial charge < -0.3 is 15.4 Å². The molecule has 1 rings (SSSR count). The quantitative estimate of drug-likeness (QED) is 0.683. The Morgan fingerprint density at radius 3 is 2.71 bits per heavy atom. The number of hydrogen-bond acceptors (Lipinski definition) is 4. The fraction of sp³-hybridized carbons (Fsp3) is 0.727. The summed E-state index contributed by atoms with van der Waals surface area (Å²) in [5, 5.41) is 0. The molecule has 2 amide bonds. The maximum absolute atomic E-state index is 11.7. The van der Waals surface area contributed by atoms with E-state index in [2.05, 4.69) is 4.74 Å². The molecule has 1 heterocycles. The predicted molar refractivity (Wildman–Crippen MR) is 59.7 cm³/mol. The van der Waals surface area contributed by atoms with E-state index in [9.17, 15) is 14.4 Å². The van der Waals surface area contributed by atoms with E-state index < -0.39 is 11.9 Å². The SMILES string of the molecule is CC[C@@H](C(N)=O)N1C[C@H](C(=O)OC)CCC1=O. The molecule has 2 atom stereocenters. The minimum Gasteiger partial charge on any atom is -0.469 e. The molecule has 96 valence electrons. The average molecular weight is 242 g/mol. The number of carbonyl (C=O) groups excluding carboxylic acids is 3. The standard InChI is InChI=1S/C11H18N2O4/c1-3-8(10(12)15)13-6-7(11(16)17-2)4-5-9(13)14/h7-8H,3-6H2,1-2H3,(H2,12,15)/t7-,8+/m1/s1. The summed E-state index contributed by atoms with van der Waals surface area (Å²) in [6, 6.07) is -0.630. The molecule has 0 aromatic rings. The van der Waals surface area contributed by atoms with E-state index >= 15 is 0 Å². The fourth-order valence-electron chi connectivity index (χ4n) is 2.11. The molecule has 0 bridgehead atoms. The number of methoxy groups -OCH3 is 1. The van der Waals surface area contributed by atoms with Crippen molar-refractivity contribution in [2.24, 2.45) is 11.7 Å². The molecule has 0 aliphatic carbocycles. The second kappa shape index (κ2) is 5.65. The van der Waals surface area contributed by atoms with E-state index in [4.69, 9.17) is 5.73 Å². The van der Waals surface area contributed by atoms with E-state index in [0.717, 1.165) is 0 Å². The van der Waals surface area contributed by atoms with Crippen LogP contribution in [0.15, 0.2) is 0 Å². The number of piperidine rings is 1. The first kappa shape index (κ1) is 13.5. The molecule has 1 aliphatic rings. The summed E-state index contributed by atoms with van der Waals surface area (Å²) in [7, 11) is 1.31. The van der Waals surface area contributed by atoms with Crippen LogP contribution in [0.1, 0.15) is 26.2 Å². The monoisotopic (exact) mass is 242 g/mol. The molecular weight excluding hydrogens is 224 g/mol. The van der Waals surface area contributed by atoms with Gasteiger partial charge in [-0.25, -0.2) is 0 Å². The number of nitrogens with zero attached hydrogens (tertiary/aromatic N) is 1. The lowest BCUT2D eigenvalue weighted by atomic mass is 9.95. The van der Waals surface area contributed by atoms with Gasteiger partial charge in [0.25, 0.3) is 0 Å². The summed E-state index contributed by atoms with van der Waals surface area (Å²) in [4.78, 5) is 35.8. The highest BCUT2D eigenvalue weighted by atomic mass is 16.5. The molecule has 6 heteroatoms. The van der Waals surface area contributed by atoms with Gasteiger partial charge in [-0.1, -0.05) is 6.92 Å². The van der Waals surface area contributed by atoms with Crippen molar-refractivity contribution in [1.29, 1.82) is 0 Å². The molecule has 1 fully saturated rings. The molecule has 0 spiro atoms. The first-order valence-corrected chi connectivity index (χ1v) is 5.67. The van der Waals surface area contributed by atoms with E-state index in [1.54, 1.807) is 6.92 Å². The van der Waals surface area contributed by atoms with Gasteiger partial charge in [0.2, 0.25) is 11.8 Å². The van der Waals surface area contributed by atoms with Crippen LogP contribution in [0, 0.1) is 5.92 Å². The van der Waals surface area contributed by atoms with Crippen molar-refractivity contribution in [2.75, 3.05) is 13.7 Å². The highest BCUT2D eigenvalue weighted by Crippen LogP contribution is 2.21. The predicted octanol–water partition coefficient (Wildman–Crippen LogP) is -0.338. The van der Waals surface area contributed by atoms with Crippen LogP contribution in [0.25, 0.3) is 0 Å². The van der Waals surface area contributed by atoms with Crippen molar-refractivity contribution in [3.05, 3.63) is 0 Å². The number of rotatable bonds is 4. The topological polar surface area (TPSA) is 89.7 Å². The molecule has 1 aliphatic heterocycles. The lowest BCUT2D eigenvalue weighted by molar-refractivity contribution is -0.153. The number of hydrogen-bond donors (Lipinski definition) is 1. The number of esters is 1. The number of nitrogens with two attached hydrogens (primary N) is 1. The van der Waals surface area contributed by atoms with E-state index in [1.165, 1.54) is 12.0 Å². The van der Waals surface area contributed by atoms with Crippen molar-refractivity contribution in [3.63, 3.8) is 0 Å². The van der Waals surface area contributed by atoms with Crippen LogP contribution in [0.4, 0.5) is 0 Å². The summed E-state index contributed by atoms with van der Waals surface area (Å²) in [6.45, 7) is 2.00. The highest BCUT2D eigenvalue weighted by Gasteiger charge is 2.35. The van der Waals surface area contributed by atoms with Gasteiger partial charge in [-0.2, -0.15) is 0 Å². The molecule has 0 aromatic carbocycles. The van der Waals surface area contributed by atoms with Crippen LogP contribution in [-0.4, -0.2) is 42.4 Å². The zero-order valence-electron chi connectivity index (χ0n) is 10.1. The zero-order chi connectivity index (χ0) is 13.0. The molecule has 6 nitrogen and oxygen atoms in total. The molecule has 2 N–H and O–H groups in total. The van der Waals surface area contributed by atoms with Crippen LogP contribution in [0.3, 0.4) is 0 Å². The highest BCUT2D eigenvalue weighted by molar-refractivity contribution is 5.88. The van der Waals surface area contributed by atoms with Gasteiger partial charge in [0, 0.05) is 13.0 Å². The summed E-state index contributed by atoms with van der Waals surface area (Å²) >= 11 is 0. The number of carbonyl (C=O) groups is 3.